The van der Waals surface area contributed by atoms with E-state index in [1.807, 2.05) is 24.3 Å². The van der Waals surface area contributed by atoms with Crippen molar-refractivity contribution < 1.29 is 4.79 Å². The molecule has 5 heteroatoms. The fourth-order valence-electron chi connectivity index (χ4n) is 2.67. The molecule has 1 saturated heterocycles. The Bertz CT molecular complexity index is 452. The maximum Gasteiger partial charge on any atom is 0.230 e. The lowest BCUT2D eigenvalue weighted by Crippen LogP contribution is -2.40. The first-order valence-electron chi connectivity index (χ1n) is 7.52. The lowest BCUT2D eigenvalue weighted by atomic mass is 10.2. The number of amides is 1. The molecule has 1 unspecified atom stereocenters. The molecule has 0 bridgehead atoms. The fourth-order valence-corrected chi connectivity index (χ4v) is 3.61. The Balaban J connectivity index is 1.62. The molecule has 21 heavy (non-hydrogen) atoms. The first-order valence-corrected chi connectivity index (χ1v) is 9.05. The van der Waals surface area contributed by atoms with E-state index < -0.39 is 0 Å². The Morgan fingerprint density at radius 2 is 2.19 bits per heavy atom. The third-order valence-corrected chi connectivity index (χ3v) is 5.11. The van der Waals surface area contributed by atoms with Gasteiger partial charge >= 0.3 is 0 Å². The average molecular weight is 327 g/mol. The Kier molecular flexibility index (Phi) is 6.87. The summed E-state index contributed by atoms with van der Waals surface area (Å²) in [6.07, 6.45) is 2.45. The molecular weight excluding hydrogens is 304 g/mol. The topological polar surface area (TPSA) is 32.3 Å². The van der Waals surface area contributed by atoms with E-state index in [9.17, 15) is 4.79 Å². The molecule has 1 fully saturated rings. The highest BCUT2D eigenvalue weighted by Gasteiger charge is 2.22. The van der Waals surface area contributed by atoms with Gasteiger partial charge in [0.05, 0.1) is 5.75 Å². The lowest BCUT2D eigenvalue weighted by Gasteiger charge is -2.22. The summed E-state index contributed by atoms with van der Waals surface area (Å²) in [6, 6.07) is 8.31. The molecule has 1 aromatic rings. The van der Waals surface area contributed by atoms with Gasteiger partial charge in [-0.05, 0) is 43.6 Å². The van der Waals surface area contributed by atoms with Crippen molar-refractivity contribution in [2.24, 2.45) is 0 Å². The number of carbonyl (C=O) groups excluding carboxylic acids is 1. The standard InChI is InChI=1S/C16H23ClN2OS/c1-2-19-9-3-4-15(19)10-18-16(20)12-21-11-13-5-7-14(17)8-6-13/h5-8,15H,2-4,9-12H2,1H3,(H,18,20). The molecule has 1 aliphatic rings. The smallest absolute Gasteiger partial charge is 0.230 e. The number of halogens is 1. The van der Waals surface area contributed by atoms with E-state index in [1.54, 1.807) is 11.8 Å². The van der Waals surface area contributed by atoms with Gasteiger partial charge in [0.1, 0.15) is 0 Å². The molecule has 0 saturated carbocycles. The summed E-state index contributed by atoms with van der Waals surface area (Å²) in [7, 11) is 0. The van der Waals surface area contributed by atoms with Crippen LogP contribution in [0.1, 0.15) is 25.3 Å². The van der Waals surface area contributed by atoms with Gasteiger partial charge in [0.2, 0.25) is 5.91 Å². The highest BCUT2D eigenvalue weighted by Crippen LogP contribution is 2.17. The zero-order valence-electron chi connectivity index (χ0n) is 12.5. The molecule has 0 radical (unpaired) electrons. The van der Waals surface area contributed by atoms with Gasteiger partial charge < -0.3 is 5.32 Å². The molecule has 1 amide bonds. The molecule has 0 aliphatic carbocycles. The van der Waals surface area contributed by atoms with Gasteiger partial charge in [-0.2, -0.15) is 0 Å². The largest absolute Gasteiger partial charge is 0.354 e. The normalized spacial score (nSPS) is 18.9. The number of likely N-dealkylation sites (tertiary alicyclic amines) is 1. The third kappa shape index (κ3) is 5.53. The van der Waals surface area contributed by atoms with Gasteiger partial charge in [-0.1, -0.05) is 30.7 Å². The van der Waals surface area contributed by atoms with Crippen molar-refractivity contribution in [3.63, 3.8) is 0 Å². The van der Waals surface area contributed by atoms with Gasteiger partial charge in [0, 0.05) is 23.4 Å². The number of hydrogen-bond acceptors (Lipinski definition) is 3. The predicted octanol–water partition coefficient (Wildman–Crippen LogP) is 3.17. The second-order valence-corrected chi connectivity index (χ2v) is 6.77. The second kappa shape index (κ2) is 8.66. The first kappa shape index (κ1) is 16.7. The second-order valence-electron chi connectivity index (χ2n) is 5.35. The van der Waals surface area contributed by atoms with Crippen molar-refractivity contribution in [1.82, 2.24) is 10.2 Å². The van der Waals surface area contributed by atoms with E-state index in [-0.39, 0.29) is 5.91 Å². The van der Waals surface area contributed by atoms with Gasteiger partial charge in [0.15, 0.2) is 0 Å². The van der Waals surface area contributed by atoms with Gasteiger partial charge in [-0.15, -0.1) is 11.8 Å². The van der Waals surface area contributed by atoms with E-state index in [0.717, 1.165) is 23.9 Å². The van der Waals surface area contributed by atoms with Crippen LogP contribution < -0.4 is 5.32 Å². The van der Waals surface area contributed by atoms with Crippen LogP contribution in [0.25, 0.3) is 0 Å². The van der Waals surface area contributed by atoms with Gasteiger partial charge in [-0.25, -0.2) is 0 Å². The maximum absolute atomic E-state index is 11.9. The van der Waals surface area contributed by atoms with Crippen LogP contribution in [0, 0.1) is 0 Å². The molecule has 1 atom stereocenters. The van der Waals surface area contributed by atoms with Crippen molar-refractivity contribution in [2.75, 3.05) is 25.4 Å². The molecule has 3 nitrogen and oxygen atoms in total. The summed E-state index contributed by atoms with van der Waals surface area (Å²) in [6.45, 7) is 5.21. The summed E-state index contributed by atoms with van der Waals surface area (Å²) < 4.78 is 0. The van der Waals surface area contributed by atoms with Crippen molar-refractivity contribution >= 4 is 29.3 Å². The zero-order chi connectivity index (χ0) is 15.1. The third-order valence-electron chi connectivity index (χ3n) is 3.86. The first-order chi connectivity index (χ1) is 10.2. The maximum atomic E-state index is 11.9. The number of likely N-dealkylation sites (N-methyl/N-ethyl adjacent to an activating group) is 1. The molecular formula is C16H23ClN2OS. The minimum atomic E-state index is 0.136. The van der Waals surface area contributed by atoms with Crippen LogP contribution in [0.3, 0.4) is 0 Å². The number of nitrogens with zero attached hydrogens (tertiary/aromatic N) is 1. The van der Waals surface area contributed by atoms with Crippen LogP contribution in [0.15, 0.2) is 24.3 Å². The number of benzene rings is 1. The van der Waals surface area contributed by atoms with Crippen molar-refractivity contribution in [2.45, 2.75) is 31.6 Å². The van der Waals surface area contributed by atoms with Crippen molar-refractivity contribution in [1.29, 1.82) is 0 Å². The summed E-state index contributed by atoms with van der Waals surface area (Å²) in [5.41, 5.74) is 1.20. The molecule has 1 aliphatic heterocycles. The number of rotatable bonds is 7. The van der Waals surface area contributed by atoms with Crippen LogP contribution in [-0.4, -0.2) is 42.2 Å². The van der Waals surface area contributed by atoms with E-state index in [1.165, 1.54) is 24.9 Å². The average Bonchev–Trinajstić information content (AvgIpc) is 2.95. The SMILES string of the molecule is CCN1CCCC1CNC(=O)CSCc1ccc(Cl)cc1. The van der Waals surface area contributed by atoms with Crippen LogP contribution in [0.5, 0.6) is 0 Å². The van der Waals surface area contributed by atoms with Crippen LogP contribution in [0.4, 0.5) is 0 Å². The number of carbonyl (C=O) groups is 1. The van der Waals surface area contributed by atoms with E-state index in [4.69, 9.17) is 11.6 Å². The highest BCUT2D eigenvalue weighted by atomic mass is 35.5. The minimum absolute atomic E-state index is 0.136. The van der Waals surface area contributed by atoms with Crippen molar-refractivity contribution in [3.05, 3.63) is 34.9 Å². The summed E-state index contributed by atoms with van der Waals surface area (Å²) >= 11 is 7.49. The minimum Gasteiger partial charge on any atom is -0.354 e. The predicted molar refractivity (Wildman–Crippen MR) is 90.9 cm³/mol. The van der Waals surface area contributed by atoms with Crippen molar-refractivity contribution in [3.8, 4) is 0 Å². The number of thioether (sulfide) groups is 1. The quantitative estimate of drug-likeness (QED) is 0.835. The molecule has 0 aromatic heterocycles. The summed E-state index contributed by atoms with van der Waals surface area (Å²) in [5.74, 6) is 1.49. The Labute approximate surface area is 136 Å². The monoisotopic (exact) mass is 326 g/mol. The van der Waals surface area contributed by atoms with Crippen LogP contribution >= 0.6 is 23.4 Å². The highest BCUT2D eigenvalue weighted by molar-refractivity contribution is 7.99. The van der Waals surface area contributed by atoms with Crippen LogP contribution in [-0.2, 0) is 10.5 Å². The Morgan fingerprint density at radius 3 is 2.90 bits per heavy atom. The number of nitrogens with one attached hydrogen (secondary N) is 1. The molecule has 2 rings (SSSR count). The summed E-state index contributed by atoms with van der Waals surface area (Å²) in [5, 5.41) is 3.81. The lowest BCUT2D eigenvalue weighted by molar-refractivity contribution is -0.118. The zero-order valence-corrected chi connectivity index (χ0v) is 14.1. The summed E-state index contributed by atoms with van der Waals surface area (Å²) in [4.78, 5) is 14.3. The van der Waals surface area contributed by atoms with Gasteiger partial charge in [-0.3, -0.25) is 9.69 Å². The van der Waals surface area contributed by atoms with E-state index >= 15 is 0 Å². The molecule has 1 heterocycles. The molecule has 116 valence electrons. The van der Waals surface area contributed by atoms with E-state index in [2.05, 4.69) is 17.1 Å². The number of hydrogen-bond donors (Lipinski definition) is 1. The Hall–Kier alpha value is -0.710. The van der Waals surface area contributed by atoms with Crippen LogP contribution in [0.2, 0.25) is 5.02 Å². The molecule has 0 spiro atoms. The molecule has 1 N–H and O–H groups in total. The Morgan fingerprint density at radius 1 is 1.43 bits per heavy atom. The van der Waals surface area contributed by atoms with Gasteiger partial charge in [0.25, 0.3) is 0 Å². The fraction of sp³-hybridized carbons (Fsp3) is 0.562. The molecule has 1 aromatic carbocycles. The van der Waals surface area contributed by atoms with E-state index in [0.29, 0.717) is 11.8 Å².